The molecule has 0 saturated heterocycles. The highest BCUT2D eigenvalue weighted by Gasteiger charge is 2.18. The van der Waals surface area contributed by atoms with Gasteiger partial charge in [0.25, 0.3) is 5.91 Å². The van der Waals surface area contributed by atoms with E-state index < -0.39 is 18.5 Å². The van der Waals surface area contributed by atoms with Crippen LogP contribution in [0.2, 0.25) is 0 Å². The lowest BCUT2D eigenvalue weighted by Crippen LogP contribution is -2.42. The first-order valence-corrected chi connectivity index (χ1v) is 8.72. The molecule has 0 bridgehead atoms. The second-order valence-electron chi connectivity index (χ2n) is 6.09. The van der Waals surface area contributed by atoms with Crippen LogP contribution in [-0.2, 0) is 25.5 Å². The molecule has 2 aromatic rings. The summed E-state index contributed by atoms with van der Waals surface area (Å²) in [6.45, 7) is 4.38. The molecule has 0 unspecified atom stereocenters. The summed E-state index contributed by atoms with van der Waals surface area (Å²) < 4.78 is 10.3. The maximum atomic E-state index is 12.1. The molecule has 0 aliphatic carbocycles. The number of hydrogen-bond donors (Lipinski definition) is 1. The van der Waals surface area contributed by atoms with Crippen molar-refractivity contribution >= 4 is 28.8 Å². The Morgan fingerprint density at radius 3 is 2.52 bits per heavy atom. The maximum Gasteiger partial charge on any atom is 0.310 e. The molecule has 0 aliphatic heterocycles. The third kappa shape index (κ3) is 5.22. The highest BCUT2D eigenvalue weighted by atomic mass is 16.5. The Labute approximate surface area is 157 Å². The van der Waals surface area contributed by atoms with E-state index in [1.165, 1.54) is 30.3 Å². The zero-order chi connectivity index (χ0) is 20.0. The highest BCUT2D eigenvalue weighted by molar-refractivity contribution is 5.88. The average Bonchev–Trinajstić information content (AvgIpc) is 3.02. The van der Waals surface area contributed by atoms with E-state index in [1.54, 1.807) is 11.0 Å². The molecule has 0 aliphatic rings. The number of ether oxygens (including phenoxy) is 1. The second kappa shape index (κ2) is 9.07. The van der Waals surface area contributed by atoms with Crippen molar-refractivity contribution in [2.45, 2.75) is 20.3 Å². The van der Waals surface area contributed by atoms with Gasteiger partial charge in [-0.3, -0.25) is 14.4 Å². The van der Waals surface area contributed by atoms with Gasteiger partial charge in [-0.2, -0.15) is 0 Å². The topological polar surface area (TPSA) is 100 Å². The number of fused-ring (bicyclic) bond motifs is 1. The van der Waals surface area contributed by atoms with Crippen molar-refractivity contribution in [3.8, 4) is 5.75 Å². The fourth-order valence-electron chi connectivity index (χ4n) is 2.64. The normalized spacial score (nSPS) is 10.6. The van der Waals surface area contributed by atoms with Crippen LogP contribution in [-0.4, -0.2) is 66.0 Å². The van der Waals surface area contributed by atoms with Gasteiger partial charge in [0.05, 0.1) is 19.2 Å². The number of furan rings is 1. The molecule has 146 valence electrons. The predicted octanol–water partition coefficient (Wildman–Crippen LogP) is 1.55. The first-order valence-electron chi connectivity index (χ1n) is 8.72. The monoisotopic (exact) mass is 376 g/mol. The van der Waals surface area contributed by atoms with E-state index in [1.807, 2.05) is 13.8 Å². The standard InChI is InChI=1S/C19H24N2O6/c1-4-21(5-2)17(23)10-20(3)18(24)12-27-19(25)8-13-11-26-16-9-14(22)6-7-15(13)16/h6-7,9,11,22H,4-5,8,10,12H2,1-3H3. The number of aromatic hydroxyl groups is 1. The molecule has 2 rings (SSSR count). The summed E-state index contributed by atoms with van der Waals surface area (Å²) in [5.74, 6) is -1.12. The van der Waals surface area contributed by atoms with Crippen molar-refractivity contribution in [1.29, 1.82) is 0 Å². The number of phenolic OH excluding ortho intramolecular Hbond substituents is 1. The molecule has 1 aromatic carbocycles. The smallest absolute Gasteiger partial charge is 0.310 e. The number of esters is 1. The molecule has 1 heterocycles. The molecule has 8 nitrogen and oxygen atoms in total. The molecule has 0 radical (unpaired) electrons. The van der Waals surface area contributed by atoms with E-state index in [9.17, 15) is 19.5 Å². The quantitative estimate of drug-likeness (QED) is 0.702. The number of likely N-dealkylation sites (N-methyl/N-ethyl adjacent to an activating group) is 2. The summed E-state index contributed by atoms with van der Waals surface area (Å²) in [5, 5.41) is 10.1. The summed E-state index contributed by atoms with van der Waals surface area (Å²) in [5.41, 5.74) is 1.07. The zero-order valence-electron chi connectivity index (χ0n) is 15.7. The summed E-state index contributed by atoms with van der Waals surface area (Å²) in [6.07, 6.45) is 1.36. The molecule has 8 heteroatoms. The van der Waals surface area contributed by atoms with Gasteiger partial charge in [-0.15, -0.1) is 0 Å². The van der Waals surface area contributed by atoms with Gasteiger partial charge < -0.3 is 24.1 Å². The average molecular weight is 376 g/mol. The molecule has 1 aromatic heterocycles. The fourth-order valence-corrected chi connectivity index (χ4v) is 2.64. The van der Waals surface area contributed by atoms with Gasteiger partial charge >= 0.3 is 5.97 Å². The van der Waals surface area contributed by atoms with Gasteiger partial charge in [-0.05, 0) is 26.0 Å². The first-order chi connectivity index (χ1) is 12.8. The van der Waals surface area contributed by atoms with Gasteiger partial charge in [-0.1, -0.05) is 0 Å². The minimum absolute atomic E-state index is 0.0616. The van der Waals surface area contributed by atoms with E-state index in [2.05, 4.69) is 0 Å². The Morgan fingerprint density at radius 2 is 1.85 bits per heavy atom. The summed E-state index contributed by atoms with van der Waals surface area (Å²) in [7, 11) is 1.49. The number of phenols is 1. The lowest BCUT2D eigenvalue weighted by Gasteiger charge is -2.23. The molecular formula is C19H24N2O6. The van der Waals surface area contributed by atoms with Crippen LogP contribution in [0.15, 0.2) is 28.9 Å². The molecule has 1 N–H and O–H groups in total. The van der Waals surface area contributed by atoms with Crippen molar-refractivity contribution in [1.82, 2.24) is 9.80 Å². The molecule has 0 atom stereocenters. The van der Waals surface area contributed by atoms with Crippen molar-refractivity contribution in [2.75, 3.05) is 33.3 Å². The first kappa shape index (κ1) is 20.3. The molecular weight excluding hydrogens is 352 g/mol. The third-order valence-corrected chi connectivity index (χ3v) is 4.25. The molecule has 27 heavy (non-hydrogen) atoms. The SMILES string of the molecule is CCN(CC)C(=O)CN(C)C(=O)COC(=O)Cc1coc2cc(O)ccc12. The van der Waals surface area contributed by atoms with Gasteiger partial charge in [0.2, 0.25) is 5.91 Å². The minimum Gasteiger partial charge on any atom is -0.508 e. The molecule has 2 amide bonds. The van der Waals surface area contributed by atoms with Crippen molar-refractivity contribution in [2.24, 2.45) is 0 Å². The van der Waals surface area contributed by atoms with Crippen molar-refractivity contribution in [3.63, 3.8) is 0 Å². The number of nitrogens with zero attached hydrogens (tertiary/aromatic N) is 2. The Morgan fingerprint density at radius 1 is 1.15 bits per heavy atom. The van der Waals surface area contributed by atoms with E-state index in [-0.39, 0.29) is 24.6 Å². The minimum atomic E-state index is -0.581. The fraction of sp³-hybridized carbons (Fsp3) is 0.421. The Balaban J connectivity index is 1.85. The van der Waals surface area contributed by atoms with Gasteiger partial charge in [0.15, 0.2) is 6.61 Å². The second-order valence-corrected chi connectivity index (χ2v) is 6.09. The van der Waals surface area contributed by atoms with Crippen LogP contribution in [0.4, 0.5) is 0 Å². The Bertz CT molecular complexity index is 825. The summed E-state index contributed by atoms with van der Waals surface area (Å²) in [4.78, 5) is 39.0. The van der Waals surface area contributed by atoms with Crippen LogP contribution in [0, 0.1) is 0 Å². The van der Waals surface area contributed by atoms with Crippen LogP contribution in [0.25, 0.3) is 11.0 Å². The van der Waals surface area contributed by atoms with E-state index >= 15 is 0 Å². The van der Waals surface area contributed by atoms with Crippen LogP contribution in [0.1, 0.15) is 19.4 Å². The number of benzene rings is 1. The zero-order valence-corrected chi connectivity index (χ0v) is 15.7. The van der Waals surface area contributed by atoms with Crippen molar-refractivity contribution in [3.05, 3.63) is 30.0 Å². The largest absolute Gasteiger partial charge is 0.508 e. The number of amides is 2. The number of carbonyl (C=O) groups is 3. The van der Waals surface area contributed by atoms with Gasteiger partial charge in [-0.25, -0.2) is 0 Å². The molecule has 0 spiro atoms. The van der Waals surface area contributed by atoms with Crippen LogP contribution >= 0.6 is 0 Å². The third-order valence-electron chi connectivity index (χ3n) is 4.25. The van der Waals surface area contributed by atoms with Crippen molar-refractivity contribution < 1.29 is 28.6 Å². The van der Waals surface area contributed by atoms with E-state index in [0.29, 0.717) is 29.6 Å². The predicted molar refractivity (Wildman–Crippen MR) is 98.1 cm³/mol. The lowest BCUT2D eigenvalue weighted by atomic mass is 10.1. The van der Waals surface area contributed by atoms with Crippen LogP contribution in [0.3, 0.4) is 0 Å². The summed E-state index contributed by atoms with van der Waals surface area (Å²) in [6, 6.07) is 4.60. The van der Waals surface area contributed by atoms with E-state index in [4.69, 9.17) is 9.15 Å². The number of carbonyl (C=O) groups excluding carboxylic acids is 3. The lowest BCUT2D eigenvalue weighted by molar-refractivity contribution is -0.152. The highest BCUT2D eigenvalue weighted by Crippen LogP contribution is 2.25. The molecule has 0 fully saturated rings. The number of rotatable bonds is 8. The van der Waals surface area contributed by atoms with Gasteiger partial charge in [0.1, 0.15) is 11.3 Å². The number of hydrogen-bond acceptors (Lipinski definition) is 6. The summed E-state index contributed by atoms with van der Waals surface area (Å²) >= 11 is 0. The van der Waals surface area contributed by atoms with Gasteiger partial charge in [0, 0.05) is 37.2 Å². The van der Waals surface area contributed by atoms with E-state index in [0.717, 1.165) is 0 Å². The Hall–Kier alpha value is -3.03. The maximum absolute atomic E-state index is 12.1. The Kier molecular flexibility index (Phi) is 6.81. The molecule has 0 saturated carbocycles. The van der Waals surface area contributed by atoms with Crippen LogP contribution < -0.4 is 0 Å². The van der Waals surface area contributed by atoms with Crippen LogP contribution in [0.5, 0.6) is 5.75 Å².